The van der Waals surface area contributed by atoms with Gasteiger partial charge in [0.05, 0.1) is 11.4 Å². The Morgan fingerprint density at radius 1 is 1.22 bits per heavy atom. The molecule has 0 heterocycles. The summed E-state index contributed by atoms with van der Waals surface area (Å²) in [4.78, 5) is 0. The minimum atomic E-state index is -3.24. The van der Waals surface area contributed by atoms with Gasteiger partial charge in [-0.2, -0.15) is 0 Å². The molecule has 0 radical (unpaired) electrons. The number of aliphatic hydroxyl groups is 1. The van der Waals surface area contributed by atoms with Gasteiger partial charge in [-0.15, -0.1) is 0 Å². The van der Waals surface area contributed by atoms with E-state index in [1.165, 1.54) is 6.92 Å². The number of benzene rings is 1. The SMILES string of the molecule is CC(C)Cc1cccc(C(O)C(C)S(C)(=O)=O)c1. The number of hydrogen-bond donors (Lipinski definition) is 1. The summed E-state index contributed by atoms with van der Waals surface area (Å²) in [6.45, 7) is 5.79. The lowest BCUT2D eigenvalue weighted by Gasteiger charge is -2.18. The van der Waals surface area contributed by atoms with Crippen LogP contribution in [0, 0.1) is 5.92 Å². The first-order valence-corrected chi connectivity index (χ1v) is 8.13. The third-order valence-electron chi connectivity index (χ3n) is 3.06. The van der Waals surface area contributed by atoms with Crippen molar-refractivity contribution in [3.63, 3.8) is 0 Å². The fourth-order valence-electron chi connectivity index (χ4n) is 1.88. The molecule has 0 aromatic heterocycles. The largest absolute Gasteiger partial charge is 0.387 e. The third-order valence-corrected chi connectivity index (χ3v) is 4.66. The lowest BCUT2D eigenvalue weighted by atomic mass is 9.98. The Labute approximate surface area is 110 Å². The number of hydrogen-bond acceptors (Lipinski definition) is 3. The van der Waals surface area contributed by atoms with Gasteiger partial charge in [0.1, 0.15) is 0 Å². The van der Waals surface area contributed by atoms with Crippen molar-refractivity contribution < 1.29 is 13.5 Å². The quantitative estimate of drug-likeness (QED) is 0.893. The molecule has 1 rings (SSSR count). The summed E-state index contributed by atoms with van der Waals surface area (Å²) in [5.41, 5.74) is 1.80. The van der Waals surface area contributed by atoms with Crippen LogP contribution in [-0.2, 0) is 16.3 Å². The average molecular weight is 270 g/mol. The maximum absolute atomic E-state index is 11.4. The van der Waals surface area contributed by atoms with Gasteiger partial charge in [0.2, 0.25) is 0 Å². The standard InChI is InChI=1S/C14H22O3S/c1-10(2)8-12-6-5-7-13(9-12)14(15)11(3)18(4,16)17/h5-7,9-11,14-15H,8H2,1-4H3. The molecular formula is C14H22O3S. The van der Waals surface area contributed by atoms with Crippen LogP contribution in [-0.4, -0.2) is 25.0 Å². The highest BCUT2D eigenvalue weighted by Gasteiger charge is 2.25. The molecule has 0 saturated carbocycles. The van der Waals surface area contributed by atoms with E-state index in [9.17, 15) is 13.5 Å². The van der Waals surface area contributed by atoms with Crippen LogP contribution in [0.3, 0.4) is 0 Å². The lowest BCUT2D eigenvalue weighted by molar-refractivity contribution is 0.176. The van der Waals surface area contributed by atoms with Gasteiger partial charge < -0.3 is 5.11 Å². The highest BCUT2D eigenvalue weighted by atomic mass is 32.2. The van der Waals surface area contributed by atoms with Gasteiger partial charge >= 0.3 is 0 Å². The van der Waals surface area contributed by atoms with Crippen LogP contribution < -0.4 is 0 Å². The lowest BCUT2D eigenvalue weighted by Crippen LogP contribution is -2.24. The molecule has 0 aliphatic carbocycles. The molecule has 0 aliphatic rings. The Morgan fingerprint density at radius 2 is 1.83 bits per heavy atom. The molecule has 0 fully saturated rings. The summed E-state index contributed by atoms with van der Waals surface area (Å²) in [7, 11) is -3.24. The first-order chi connectivity index (χ1) is 8.21. The Hall–Kier alpha value is -0.870. The third kappa shape index (κ3) is 4.10. The van der Waals surface area contributed by atoms with Crippen LogP contribution in [0.2, 0.25) is 0 Å². The van der Waals surface area contributed by atoms with Crippen molar-refractivity contribution in [2.24, 2.45) is 5.92 Å². The van der Waals surface area contributed by atoms with Crippen LogP contribution in [0.5, 0.6) is 0 Å². The number of aliphatic hydroxyl groups excluding tert-OH is 1. The zero-order chi connectivity index (χ0) is 13.9. The normalized spacial score (nSPS) is 15.7. The molecule has 2 unspecified atom stereocenters. The smallest absolute Gasteiger partial charge is 0.152 e. The molecule has 3 nitrogen and oxygen atoms in total. The van der Waals surface area contributed by atoms with Crippen molar-refractivity contribution in [3.05, 3.63) is 35.4 Å². The first-order valence-electron chi connectivity index (χ1n) is 6.17. The van der Waals surface area contributed by atoms with E-state index in [4.69, 9.17) is 0 Å². The van der Waals surface area contributed by atoms with E-state index >= 15 is 0 Å². The van der Waals surface area contributed by atoms with E-state index in [1.807, 2.05) is 18.2 Å². The molecule has 2 atom stereocenters. The minimum Gasteiger partial charge on any atom is -0.387 e. The van der Waals surface area contributed by atoms with Crippen molar-refractivity contribution in [3.8, 4) is 0 Å². The van der Waals surface area contributed by atoms with Gasteiger partial charge in [0.15, 0.2) is 9.84 Å². The number of sulfone groups is 1. The summed E-state index contributed by atoms with van der Waals surface area (Å²) in [5.74, 6) is 0.532. The van der Waals surface area contributed by atoms with Crippen molar-refractivity contribution in [2.75, 3.05) is 6.26 Å². The van der Waals surface area contributed by atoms with Crippen molar-refractivity contribution in [1.29, 1.82) is 0 Å². The summed E-state index contributed by atoms with van der Waals surface area (Å²) < 4.78 is 22.9. The van der Waals surface area contributed by atoms with Gasteiger partial charge in [-0.1, -0.05) is 38.1 Å². The first kappa shape index (κ1) is 15.2. The predicted octanol–water partition coefficient (Wildman–Crippen LogP) is 2.35. The fourth-order valence-corrected chi connectivity index (χ4v) is 2.51. The van der Waals surface area contributed by atoms with E-state index in [-0.39, 0.29) is 0 Å². The van der Waals surface area contributed by atoms with Crippen molar-refractivity contribution in [2.45, 2.75) is 38.5 Å². The molecule has 18 heavy (non-hydrogen) atoms. The maximum atomic E-state index is 11.4. The zero-order valence-electron chi connectivity index (χ0n) is 11.4. The maximum Gasteiger partial charge on any atom is 0.152 e. The van der Waals surface area contributed by atoms with Crippen LogP contribution in [0.15, 0.2) is 24.3 Å². The summed E-state index contributed by atoms with van der Waals surface area (Å²) in [5, 5.41) is 9.32. The van der Waals surface area contributed by atoms with E-state index in [1.54, 1.807) is 6.07 Å². The molecule has 0 spiro atoms. The second-order valence-corrected chi connectivity index (χ2v) is 7.73. The molecule has 102 valence electrons. The van der Waals surface area contributed by atoms with Crippen molar-refractivity contribution in [1.82, 2.24) is 0 Å². The van der Waals surface area contributed by atoms with Gasteiger partial charge in [-0.3, -0.25) is 0 Å². The van der Waals surface area contributed by atoms with Gasteiger partial charge in [0, 0.05) is 6.26 Å². The van der Waals surface area contributed by atoms with Crippen molar-refractivity contribution >= 4 is 9.84 Å². The summed E-state index contributed by atoms with van der Waals surface area (Å²) >= 11 is 0. The molecule has 1 aromatic carbocycles. The van der Waals surface area contributed by atoms with Gasteiger partial charge in [0.25, 0.3) is 0 Å². The van der Waals surface area contributed by atoms with Gasteiger partial charge in [-0.05, 0) is 30.4 Å². The molecule has 0 bridgehead atoms. The average Bonchev–Trinajstić information content (AvgIpc) is 2.25. The second kappa shape index (κ2) is 5.85. The topological polar surface area (TPSA) is 54.4 Å². The van der Waals surface area contributed by atoms with E-state index in [2.05, 4.69) is 13.8 Å². The number of rotatable bonds is 5. The van der Waals surface area contributed by atoms with E-state index in [0.717, 1.165) is 18.2 Å². The molecule has 4 heteroatoms. The molecule has 1 N–H and O–H groups in total. The van der Waals surface area contributed by atoms with Gasteiger partial charge in [-0.25, -0.2) is 8.42 Å². The minimum absolute atomic E-state index is 0.532. The second-order valence-electron chi connectivity index (χ2n) is 5.32. The Kier molecular flexibility index (Phi) is 4.93. The predicted molar refractivity (Wildman–Crippen MR) is 74.2 cm³/mol. The summed E-state index contributed by atoms with van der Waals surface area (Å²) in [6.07, 6.45) is 1.11. The zero-order valence-corrected chi connectivity index (χ0v) is 12.2. The summed E-state index contributed by atoms with van der Waals surface area (Å²) in [6, 6.07) is 7.54. The molecular weight excluding hydrogens is 248 g/mol. The molecule has 0 aliphatic heterocycles. The van der Waals surface area contributed by atoms with Crippen LogP contribution in [0.4, 0.5) is 0 Å². The van der Waals surface area contributed by atoms with E-state index < -0.39 is 21.2 Å². The highest BCUT2D eigenvalue weighted by Crippen LogP contribution is 2.23. The van der Waals surface area contributed by atoms with Crippen LogP contribution in [0.1, 0.15) is 38.0 Å². The van der Waals surface area contributed by atoms with E-state index in [0.29, 0.717) is 11.5 Å². The Bertz CT molecular complexity index is 492. The van der Waals surface area contributed by atoms with Crippen LogP contribution in [0.25, 0.3) is 0 Å². The monoisotopic (exact) mass is 270 g/mol. The van der Waals surface area contributed by atoms with Crippen LogP contribution >= 0.6 is 0 Å². The Morgan fingerprint density at radius 3 is 2.33 bits per heavy atom. The molecule has 0 saturated heterocycles. The molecule has 0 amide bonds. The Balaban J connectivity index is 2.96. The highest BCUT2D eigenvalue weighted by molar-refractivity contribution is 7.91. The fraction of sp³-hybridized carbons (Fsp3) is 0.571. The molecule has 1 aromatic rings.